The maximum Gasteiger partial charge on any atom is 0.387 e. The number of amides is 2. The van der Waals surface area contributed by atoms with Crippen LogP contribution in [0.3, 0.4) is 0 Å². The van der Waals surface area contributed by atoms with Gasteiger partial charge < -0.3 is 9.30 Å². The van der Waals surface area contributed by atoms with Gasteiger partial charge in [-0.1, -0.05) is 50.5 Å². The monoisotopic (exact) mass is 572 g/mol. The number of benzene rings is 1. The average molecular weight is 573 g/mol. The van der Waals surface area contributed by atoms with Crippen molar-refractivity contribution in [2.75, 3.05) is 0 Å². The quantitative estimate of drug-likeness (QED) is 0.420. The molecule has 0 bridgehead atoms. The first-order valence-electron chi connectivity index (χ1n) is 13.0. The van der Waals surface area contributed by atoms with Gasteiger partial charge in [0.05, 0.1) is 10.8 Å². The normalized spacial score (nSPS) is 20.1. The van der Waals surface area contributed by atoms with Gasteiger partial charge in [0.15, 0.2) is 5.65 Å². The average Bonchev–Trinajstić information content (AvgIpc) is 3.36. The number of alkyl halides is 2. The molecule has 0 saturated heterocycles. The number of hydrogen-bond acceptors (Lipinski definition) is 7. The first-order chi connectivity index (χ1) is 19.2. The number of fused-ring (bicyclic) bond motifs is 1. The number of allylic oxidation sites excluding steroid dienone is 2. The fourth-order valence-electron chi connectivity index (χ4n) is 4.58. The van der Waals surface area contributed by atoms with Crippen LogP contribution in [0.1, 0.15) is 51.5 Å². The molecule has 1 unspecified atom stereocenters. The molecule has 0 spiro atoms. The number of ether oxygens (including phenoxy) is 1. The summed E-state index contributed by atoms with van der Waals surface area (Å²) in [6.07, 6.45) is 17.2. The van der Waals surface area contributed by atoms with Gasteiger partial charge in [-0.25, -0.2) is 18.4 Å². The summed E-state index contributed by atoms with van der Waals surface area (Å²) < 4.78 is 57.3. The topological polar surface area (TPSA) is 120 Å². The van der Waals surface area contributed by atoms with Gasteiger partial charge in [0.2, 0.25) is 21.7 Å². The molecular formula is C28H30F2N4O5S. The summed E-state index contributed by atoms with van der Waals surface area (Å²) >= 11 is 0. The Bertz CT molecular complexity index is 1510. The molecule has 2 aliphatic rings. The van der Waals surface area contributed by atoms with Crippen molar-refractivity contribution in [2.45, 2.75) is 67.9 Å². The lowest BCUT2D eigenvalue weighted by atomic mass is 9.95. The molecule has 1 fully saturated rings. The van der Waals surface area contributed by atoms with Gasteiger partial charge >= 0.3 is 6.61 Å². The van der Waals surface area contributed by atoms with Crippen molar-refractivity contribution in [1.82, 2.24) is 19.9 Å². The third-order valence-corrected chi connectivity index (χ3v) is 8.43. The van der Waals surface area contributed by atoms with Gasteiger partial charge in [0, 0.05) is 31.1 Å². The molecule has 9 nitrogen and oxygen atoms in total. The number of imide groups is 1. The minimum Gasteiger partial charge on any atom is -0.435 e. The zero-order valence-corrected chi connectivity index (χ0v) is 22.7. The van der Waals surface area contributed by atoms with Gasteiger partial charge in [-0.3, -0.25) is 14.9 Å². The van der Waals surface area contributed by atoms with Crippen LogP contribution in [0.5, 0.6) is 5.75 Å². The maximum atomic E-state index is 13.2. The molecule has 1 atom stereocenters. The Kier molecular flexibility index (Phi) is 9.41. The fraction of sp³-hybridized carbons (Fsp3) is 0.357. The number of carbonyl (C=O) groups excluding carboxylic acids is 2. The predicted octanol–water partition coefficient (Wildman–Crippen LogP) is 5.15. The van der Waals surface area contributed by atoms with E-state index in [1.54, 1.807) is 43.6 Å². The first-order valence-corrected chi connectivity index (χ1v) is 14.4. The van der Waals surface area contributed by atoms with Crippen LogP contribution in [-0.2, 0) is 19.4 Å². The van der Waals surface area contributed by atoms with E-state index in [1.807, 2.05) is 4.57 Å². The van der Waals surface area contributed by atoms with Crippen LogP contribution in [-0.4, -0.2) is 41.4 Å². The van der Waals surface area contributed by atoms with Crippen molar-refractivity contribution < 1.29 is 31.5 Å². The van der Waals surface area contributed by atoms with E-state index in [4.69, 9.17) is 0 Å². The van der Waals surface area contributed by atoms with Gasteiger partial charge in [-0.15, -0.1) is 0 Å². The number of carbonyl (C=O) groups is 2. The lowest BCUT2D eigenvalue weighted by molar-refractivity contribution is -0.131. The zero-order valence-electron chi connectivity index (χ0n) is 21.9. The molecule has 212 valence electrons. The summed E-state index contributed by atoms with van der Waals surface area (Å²) in [5, 5.41) is 2.29. The van der Waals surface area contributed by atoms with E-state index in [1.165, 1.54) is 36.9 Å². The summed E-state index contributed by atoms with van der Waals surface area (Å²) in [4.78, 5) is 30.7. The summed E-state index contributed by atoms with van der Waals surface area (Å²) in [5.41, 5.74) is 0.867. The largest absolute Gasteiger partial charge is 0.435 e. The van der Waals surface area contributed by atoms with Gasteiger partial charge in [0.25, 0.3) is 0 Å². The third-order valence-electron chi connectivity index (χ3n) is 6.66. The SMILES string of the molecule is CC1/C=C\C=C/CC(=O)NC1=O.O=S(=O)(c1ccc(OC(F)F)cc1)c1cn(C2CCCCC2)c2nccnc12. The highest BCUT2D eigenvalue weighted by atomic mass is 32.2. The van der Waals surface area contributed by atoms with Crippen molar-refractivity contribution >= 4 is 32.8 Å². The van der Waals surface area contributed by atoms with E-state index in [0.29, 0.717) is 11.2 Å². The smallest absolute Gasteiger partial charge is 0.387 e. The molecule has 1 aliphatic heterocycles. The van der Waals surface area contributed by atoms with Crippen molar-refractivity contribution in [1.29, 1.82) is 0 Å². The second-order valence-corrected chi connectivity index (χ2v) is 11.4. The van der Waals surface area contributed by atoms with Gasteiger partial charge in [-0.2, -0.15) is 8.78 Å². The number of hydrogen-bond donors (Lipinski definition) is 1. The lowest BCUT2D eigenvalue weighted by Crippen LogP contribution is -2.33. The van der Waals surface area contributed by atoms with Crippen molar-refractivity contribution in [3.8, 4) is 5.75 Å². The minimum atomic E-state index is -3.90. The van der Waals surface area contributed by atoms with E-state index in [-0.39, 0.29) is 45.7 Å². The predicted molar refractivity (Wildman–Crippen MR) is 143 cm³/mol. The molecule has 3 aromatic rings. The number of aromatic nitrogens is 3. The molecule has 40 heavy (non-hydrogen) atoms. The van der Waals surface area contributed by atoms with Crippen molar-refractivity contribution in [3.63, 3.8) is 0 Å². The summed E-state index contributed by atoms with van der Waals surface area (Å²) in [5.74, 6) is -0.818. The maximum absolute atomic E-state index is 13.2. The number of halogens is 2. The third kappa shape index (κ3) is 6.98. The van der Waals surface area contributed by atoms with Crippen LogP contribution >= 0.6 is 0 Å². The molecule has 1 aromatic carbocycles. The molecule has 1 saturated carbocycles. The Morgan fingerprint density at radius 1 is 1.02 bits per heavy atom. The summed E-state index contributed by atoms with van der Waals surface area (Å²) in [6.45, 7) is -1.22. The molecule has 1 aliphatic carbocycles. The van der Waals surface area contributed by atoms with Crippen LogP contribution in [0.2, 0.25) is 0 Å². The highest BCUT2D eigenvalue weighted by Gasteiger charge is 2.28. The van der Waals surface area contributed by atoms with Crippen LogP contribution < -0.4 is 10.1 Å². The molecular weight excluding hydrogens is 542 g/mol. The molecule has 0 radical (unpaired) electrons. The highest BCUT2D eigenvalue weighted by molar-refractivity contribution is 7.91. The number of rotatable bonds is 5. The minimum absolute atomic E-state index is 0.0116. The first kappa shape index (κ1) is 29.1. The van der Waals surface area contributed by atoms with Crippen LogP contribution in [0.4, 0.5) is 8.78 Å². The summed E-state index contributed by atoms with van der Waals surface area (Å²) in [6, 6.07) is 5.13. The number of sulfone groups is 1. The van der Waals surface area contributed by atoms with E-state index >= 15 is 0 Å². The highest BCUT2D eigenvalue weighted by Crippen LogP contribution is 2.35. The number of nitrogens with one attached hydrogen (secondary N) is 1. The Morgan fingerprint density at radius 3 is 2.42 bits per heavy atom. The molecule has 12 heteroatoms. The van der Waals surface area contributed by atoms with Gasteiger partial charge in [0.1, 0.15) is 16.2 Å². The zero-order chi connectivity index (χ0) is 28.7. The van der Waals surface area contributed by atoms with Crippen molar-refractivity contribution in [2.24, 2.45) is 5.92 Å². The Morgan fingerprint density at radius 2 is 1.73 bits per heavy atom. The van der Waals surface area contributed by atoms with E-state index < -0.39 is 16.4 Å². The number of nitrogens with zero attached hydrogens (tertiary/aromatic N) is 3. The second kappa shape index (κ2) is 12.9. The van der Waals surface area contributed by atoms with E-state index in [9.17, 15) is 26.8 Å². The van der Waals surface area contributed by atoms with Crippen molar-refractivity contribution in [3.05, 3.63) is 67.2 Å². The van der Waals surface area contributed by atoms with Crippen LogP contribution in [0.25, 0.3) is 11.2 Å². The van der Waals surface area contributed by atoms with Gasteiger partial charge in [-0.05, 0) is 37.1 Å². The molecule has 2 aromatic heterocycles. The Labute approximate surface area is 230 Å². The van der Waals surface area contributed by atoms with E-state index in [0.717, 1.165) is 25.7 Å². The summed E-state index contributed by atoms with van der Waals surface area (Å²) in [7, 11) is -3.90. The lowest BCUT2D eigenvalue weighted by Gasteiger charge is -2.23. The molecule has 3 heterocycles. The standard InChI is InChI=1S/C19H19F2N3O3S.C9H11NO2/c20-19(21)27-14-6-8-15(9-7-14)28(25,26)16-12-24(13-4-2-1-3-5-13)18-17(16)22-10-11-23-18;1-7-5-3-2-4-6-8(11)10-9(7)12/h6-13,19H,1-5H2;2-5,7H,6H2,1H3,(H,10,11,12)/b;4-2-,5-3-. The Balaban J connectivity index is 0.000000259. The molecule has 5 rings (SSSR count). The molecule has 1 N–H and O–H groups in total. The van der Waals surface area contributed by atoms with Crippen LogP contribution in [0.15, 0.2) is 77.0 Å². The second-order valence-electron chi connectivity index (χ2n) is 9.49. The Hall–Kier alpha value is -3.93. The molecule has 2 amide bonds. The fourth-order valence-corrected chi connectivity index (χ4v) is 5.98. The van der Waals surface area contributed by atoms with E-state index in [2.05, 4.69) is 20.0 Å². The van der Waals surface area contributed by atoms with Crippen LogP contribution in [0, 0.1) is 5.92 Å².